The molecule has 1 fully saturated rings. The zero-order valence-corrected chi connectivity index (χ0v) is 12.6. The van der Waals surface area contributed by atoms with Crippen molar-refractivity contribution in [2.75, 3.05) is 11.9 Å². The Kier molecular flexibility index (Phi) is 5.70. The lowest BCUT2D eigenvalue weighted by molar-refractivity contribution is -0.124. The average Bonchev–Trinajstić information content (AvgIpc) is 2.48. The molecule has 21 heavy (non-hydrogen) atoms. The molecule has 2 rings (SSSR count). The van der Waals surface area contributed by atoms with Gasteiger partial charge in [0.05, 0.1) is 6.10 Å². The van der Waals surface area contributed by atoms with Gasteiger partial charge in [-0.25, -0.2) is 4.39 Å². The maximum atomic E-state index is 12.8. The number of carbonyl (C=O) groups excluding carboxylic acids is 1. The van der Waals surface area contributed by atoms with Crippen LogP contribution < -0.4 is 10.6 Å². The quantitative estimate of drug-likeness (QED) is 0.878. The standard InChI is InChI=1S/C16H23FN2O2/c1-3-14-15(9-4-11(2)18-14)21-10-16(20)19-13-7-5-12(17)6-8-13/h5-8,11,14-15,18H,3-4,9-10H2,1-2H3,(H,19,20). The smallest absolute Gasteiger partial charge is 0.250 e. The van der Waals surface area contributed by atoms with Gasteiger partial charge in [0.25, 0.3) is 0 Å². The minimum absolute atomic E-state index is 0.0224. The normalized spacial score (nSPS) is 25.6. The first-order valence-corrected chi connectivity index (χ1v) is 7.51. The van der Waals surface area contributed by atoms with Crippen LogP contribution in [0.4, 0.5) is 10.1 Å². The van der Waals surface area contributed by atoms with Crippen LogP contribution in [0, 0.1) is 5.82 Å². The minimum atomic E-state index is -0.322. The SMILES string of the molecule is CCC1NC(C)CCC1OCC(=O)Nc1ccc(F)cc1. The van der Waals surface area contributed by atoms with Crippen molar-refractivity contribution < 1.29 is 13.9 Å². The number of rotatable bonds is 5. The highest BCUT2D eigenvalue weighted by molar-refractivity contribution is 5.91. The van der Waals surface area contributed by atoms with Crippen molar-refractivity contribution in [3.63, 3.8) is 0 Å². The molecule has 1 amide bonds. The molecule has 1 aromatic rings. The van der Waals surface area contributed by atoms with Gasteiger partial charge in [0, 0.05) is 17.8 Å². The Morgan fingerprint density at radius 2 is 2.10 bits per heavy atom. The van der Waals surface area contributed by atoms with Crippen LogP contribution in [0.1, 0.15) is 33.1 Å². The van der Waals surface area contributed by atoms with Gasteiger partial charge >= 0.3 is 0 Å². The highest BCUT2D eigenvalue weighted by atomic mass is 19.1. The summed E-state index contributed by atoms with van der Waals surface area (Å²) in [6.45, 7) is 4.30. The topological polar surface area (TPSA) is 50.4 Å². The van der Waals surface area contributed by atoms with E-state index < -0.39 is 0 Å². The third-order valence-electron chi connectivity index (χ3n) is 3.83. The van der Waals surface area contributed by atoms with Gasteiger partial charge in [0.15, 0.2) is 0 Å². The predicted octanol–water partition coefficient (Wildman–Crippen LogP) is 2.70. The highest BCUT2D eigenvalue weighted by Crippen LogP contribution is 2.18. The summed E-state index contributed by atoms with van der Waals surface area (Å²) >= 11 is 0. The largest absolute Gasteiger partial charge is 0.367 e. The number of benzene rings is 1. The Morgan fingerprint density at radius 3 is 2.76 bits per heavy atom. The third kappa shape index (κ3) is 4.79. The Bertz CT molecular complexity index is 464. The van der Waals surface area contributed by atoms with Gasteiger partial charge in [-0.1, -0.05) is 6.92 Å². The number of carbonyl (C=O) groups is 1. The minimum Gasteiger partial charge on any atom is -0.367 e. The summed E-state index contributed by atoms with van der Waals surface area (Å²) in [5.41, 5.74) is 0.576. The molecule has 4 nitrogen and oxygen atoms in total. The molecule has 1 saturated heterocycles. The fourth-order valence-corrected chi connectivity index (χ4v) is 2.66. The van der Waals surface area contributed by atoms with Gasteiger partial charge in [-0.15, -0.1) is 0 Å². The summed E-state index contributed by atoms with van der Waals surface area (Å²) < 4.78 is 18.5. The second-order valence-electron chi connectivity index (χ2n) is 5.56. The lowest BCUT2D eigenvalue weighted by atomic mass is 9.95. The number of anilines is 1. The number of hydrogen-bond acceptors (Lipinski definition) is 3. The van der Waals surface area contributed by atoms with E-state index in [0.717, 1.165) is 19.3 Å². The van der Waals surface area contributed by atoms with Crippen LogP contribution in [0.25, 0.3) is 0 Å². The number of piperidine rings is 1. The summed E-state index contributed by atoms with van der Waals surface area (Å²) in [5, 5.41) is 6.20. The number of nitrogens with one attached hydrogen (secondary N) is 2. The van der Waals surface area contributed by atoms with E-state index in [-0.39, 0.29) is 24.4 Å². The molecule has 0 aromatic heterocycles. The van der Waals surface area contributed by atoms with E-state index >= 15 is 0 Å². The highest BCUT2D eigenvalue weighted by Gasteiger charge is 2.27. The van der Waals surface area contributed by atoms with Crippen molar-refractivity contribution >= 4 is 11.6 Å². The maximum Gasteiger partial charge on any atom is 0.250 e. The first kappa shape index (κ1) is 15.9. The first-order valence-electron chi connectivity index (χ1n) is 7.51. The van der Waals surface area contributed by atoms with Crippen molar-refractivity contribution in [3.8, 4) is 0 Å². The van der Waals surface area contributed by atoms with Crippen LogP contribution in [-0.2, 0) is 9.53 Å². The number of ether oxygens (including phenoxy) is 1. The summed E-state index contributed by atoms with van der Waals surface area (Å²) in [6.07, 6.45) is 3.08. The lowest BCUT2D eigenvalue weighted by Crippen LogP contribution is -2.50. The molecule has 0 radical (unpaired) electrons. The predicted molar refractivity (Wildman–Crippen MR) is 80.7 cm³/mol. The zero-order chi connectivity index (χ0) is 15.2. The Balaban J connectivity index is 1.79. The van der Waals surface area contributed by atoms with Crippen molar-refractivity contribution in [2.45, 2.75) is 51.3 Å². The second kappa shape index (κ2) is 7.52. The number of amides is 1. The molecule has 1 heterocycles. The number of halogens is 1. The molecule has 3 unspecified atom stereocenters. The summed E-state index contributed by atoms with van der Waals surface area (Å²) in [7, 11) is 0. The van der Waals surface area contributed by atoms with Crippen LogP contribution >= 0.6 is 0 Å². The zero-order valence-electron chi connectivity index (χ0n) is 12.6. The molecule has 0 aliphatic carbocycles. The van der Waals surface area contributed by atoms with Crippen molar-refractivity contribution in [2.24, 2.45) is 0 Å². The molecular formula is C16H23FN2O2. The molecular weight excluding hydrogens is 271 g/mol. The summed E-state index contributed by atoms with van der Waals surface area (Å²) in [6, 6.07) is 6.50. The Labute approximate surface area is 125 Å². The Hall–Kier alpha value is -1.46. The van der Waals surface area contributed by atoms with Crippen molar-refractivity contribution in [3.05, 3.63) is 30.1 Å². The van der Waals surface area contributed by atoms with Gasteiger partial charge in [-0.2, -0.15) is 0 Å². The monoisotopic (exact) mass is 294 g/mol. The van der Waals surface area contributed by atoms with E-state index in [4.69, 9.17) is 4.74 Å². The van der Waals surface area contributed by atoms with Gasteiger partial charge in [-0.05, 0) is 50.5 Å². The van der Waals surface area contributed by atoms with Gasteiger partial charge in [-0.3, -0.25) is 4.79 Å². The van der Waals surface area contributed by atoms with Crippen LogP contribution in [0.2, 0.25) is 0 Å². The molecule has 0 bridgehead atoms. The molecule has 0 spiro atoms. The molecule has 5 heteroatoms. The van der Waals surface area contributed by atoms with Gasteiger partial charge in [0.2, 0.25) is 5.91 Å². The maximum absolute atomic E-state index is 12.8. The van der Waals surface area contributed by atoms with E-state index in [0.29, 0.717) is 17.8 Å². The molecule has 2 N–H and O–H groups in total. The molecule has 3 atom stereocenters. The van der Waals surface area contributed by atoms with E-state index in [1.54, 1.807) is 0 Å². The van der Waals surface area contributed by atoms with Crippen LogP contribution in [0.5, 0.6) is 0 Å². The van der Waals surface area contributed by atoms with E-state index in [1.807, 2.05) is 0 Å². The van der Waals surface area contributed by atoms with E-state index in [2.05, 4.69) is 24.5 Å². The van der Waals surface area contributed by atoms with Crippen LogP contribution in [-0.4, -0.2) is 30.7 Å². The third-order valence-corrected chi connectivity index (χ3v) is 3.83. The molecule has 1 aliphatic heterocycles. The fraction of sp³-hybridized carbons (Fsp3) is 0.562. The first-order chi connectivity index (χ1) is 10.1. The van der Waals surface area contributed by atoms with E-state index in [1.165, 1.54) is 24.3 Å². The Morgan fingerprint density at radius 1 is 1.38 bits per heavy atom. The van der Waals surface area contributed by atoms with Crippen molar-refractivity contribution in [1.29, 1.82) is 0 Å². The van der Waals surface area contributed by atoms with Crippen LogP contribution in [0.3, 0.4) is 0 Å². The fourth-order valence-electron chi connectivity index (χ4n) is 2.66. The van der Waals surface area contributed by atoms with Gasteiger partial charge < -0.3 is 15.4 Å². The molecule has 1 aromatic carbocycles. The lowest BCUT2D eigenvalue weighted by Gasteiger charge is -2.35. The van der Waals surface area contributed by atoms with Gasteiger partial charge in [0.1, 0.15) is 12.4 Å². The average molecular weight is 294 g/mol. The molecule has 1 aliphatic rings. The molecule has 0 saturated carbocycles. The summed E-state index contributed by atoms with van der Waals surface area (Å²) in [5.74, 6) is -0.535. The molecule has 116 valence electrons. The number of hydrogen-bond donors (Lipinski definition) is 2. The van der Waals surface area contributed by atoms with Crippen LogP contribution in [0.15, 0.2) is 24.3 Å². The second-order valence-corrected chi connectivity index (χ2v) is 5.56. The van der Waals surface area contributed by atoms with Crippen molar-refractivity contribution in [1.82, 2.24) is 5.32 Å². The summed E-state index contributed by atoms with van der Waals surface area (Å²) in [4.78, 5) is 11.8. The van der Waals surface area contributed by atoms with E-state index in [9.17, 15) is 9.18 Å².